The van der Waals surface area contributed by atoms with Crippen molar-refractivity contribution in [2.45, 2.75) is 43.4 Å². The van der Waals surface area contributed by atoms with E-state index in [1.165, 1.54) is 0 Å². The summed E-state index contributed by atoms with van der Waals surface area (Å²) in [6.45, 7) is 7.72. The Kier molecular flexibility index (Phi) is 6.51. The fourth-order valence-electron chi connectivity index (χ4n) is 4.42. The van der Waals surface area contributed by atoms with Crippen LogP contribution < -0.4 is 10.2 Å². The van der Waals surface area contributed by atoms with Gasteiger partial charge in [0.2, 0.25) is 0 Å². The highest BCUT2D eigenvalue weighted by Crippen LogP contribution is 2.49. The summed E-state index contributed by atoms with van der Waals surface area (Å²) in [5.74, 6) is -1.46. The lowest BCUT2D eigenvalue weighted by Crippen LogP contribution is -2.32. The van der Waals surface area contributed by atoms with Crippen molar-refractivity contribution >= 4 is 35.1 Å². The van der Waals surface area contributed by atoms with Crippen LogP contribution in [0, 0.1) is 0 Å². The van der Waals surface area contributed by atoms with Gasteiger partial charge in [0.1, 0.15) is 0 Å². The zero-order valence-corrected chi connectivity index (χ0v) is 20.3. The highest BCUT2D eigenvalue weighted by Gasteiger charge is 2.38. The topological polar surface area (TPSA) is 67.9 Å². The minimum Gasteiger partial charge on any atom is -0.463 e. The Morgan fingerprint density at radius 3 is 2.09 bits per heavy atom. The minimum absolute atomic E-state index is 0.251. The number of rotatable bonds is 5. The van der Waals surface area contributed by atoms with Crippen LogP contribution >= 0.6 is 11.8 Å². The van der Waals surface area contributed by atoms with E-state index in [-0.39, 0.29) is 13.2 Å². The number of allylic oxidation sites excluding steroid dienone is 2. The lowest BCUT2D eigenvalue weighted by molar-refractivity contribution is -0.139. The molecule has 2 aliphatic rings. The van der Waals surface area contributed by atoms with E-state index in [4.69, 9.17) is 9.47 Å². The van der Waals surface area contributed by atoms with Crippen LogP contribution in [0.25, 0.3) is 0 Å². The van der Waals surface area contributed by atoms with Crippen LogP contribution in [-0.4, -0.2) is 32.2 Å². The first-order chi connectivity index (χ1) is 15.9. The maximum Gasteiger partial charge on any atom is 0.336 e. The van der Waals surface area contributed by atoms with Crippen molar-refractivity contribution in [1.29, 1.82) is 0 Å². The van der Waals surface area contributed by atoms with Crippen molar-refractivity contribution in [2.24, 2.45) is 0 Å². The van der Waals surface area contributed by atoms with E-state index in [2.05, 4.69) is 28.4 Å². The Labute approximate surface area is 198 Å². The molecule has 2 heterocycles. The molecule has 0 fully saturated rings. The van der Waals surface area contributed by atoms with Gasteiger partial charge in [0.15, 0.2) is 0 Å². The molecule has 1 N–H and O–H groups in total. The molecule has 0 bridgehead atoms. The quantitative estimate of drug-likeness (QED) is 0.604. The fraction of sp³-hybridized carbons (Fsp3) is 0.308. The Bertz CT molecular complexity index is 1140. The van der Waals surface area contributed by atoms with Crippen molar-refractivity contribution < 1.29 is 19.1 Å². The van der Waals surface area contributed by atoms with Gasteiger partial charge in [-0.15, -0.1) is 0 Å². The number of ether oxygens (including phenoxy) is 2. The number of hydrogen-bond acceptors (Lipinski definition) is 7. The van der Waals surface area contributed by atoms with Crippen LogP contribution in [-0.2, 0) is 19.1 Å². The Hall–Kier alpha value is -3.19. The maximum atomic E-state index is 13.0. The number of nitrogens with one attached hydrogen (secondary N) is 1. The minimum atomic E-state index is -0.585. The van der Waals surface area contributed by atoms with Gasteiger partial charge >= 0.3 is 11.9 Å². The highest BCUT2D eigenvalue weighted by atomic mass is 32.2. The number of benzene rings is 2. The molecular weight excluding hydrogens is 436 g/mol. The van der Waals surface area contributed by atoms with E-state index in [1.807, 2.05) is 45.2 Å². The molecule has 172 valence electrons. The smallest absolute Gasteiger partial charge is 0.336 e. The lowest BCUT2D eigenvalue weighted by atomic mass is 9.80. The number of para-hydroxylation sites is 1. The van der Waals surface area contributed by atoms with E-state index in [0.29, 0.717) is 22.5 Å². The molecule has 0 atom stereocenters. The largest absolute Gasteiger partial charge is 0.463 e. The third-order valence-electron chi connectivity index (χ3n) is 5.88. The summed E-state index contributed by atoms with van der Waals surface area (Å²) in [7, 11) is 2.05. The van der Waals surface area contributed by atoms with Crippen molar-refractivity contribution in [1.82, 2.24) is 5.32 Å². The van der Waals surface area contributed by atoms with Crippen molar-refractivity contribution in [3.05, 3.63) is 70.6 Å². The van der Waals surface area contributed by atoms with Gasteiger partial charge in [0, 0.05) is 28.2 Å². The molecular formula is C26H28N2O4S. The van der Waals surface area contributed by atoms with E-state index in [0.717, 1.165) is 26.7 Å². The number of carbonyl (C=O) groups excluding carboxylic acids is 2. The predicted octanol–water partition coefficient (Wildman–Crippen LogP) is 5.28. The second-order valence-corrected chi connectivity index (χ2v) is 9.02. The average molecular weight is 465 g/mol. The molecule has 0 radical (unpaired) electrons. The SMILES string of the molecule is CCOC(=O)C1=C(C)NC(C)=C(C(=O)OCC)C1c1ccc2c(c1)Sc1ccccc1N2C. The Morgan fingerprint density at radius 2 is 1.48 bits per heavy atom. The van der Waals surface area contributed by atoms with Gasteiger partial charge in [-0.05, 0) is 57.5 Å². The number of esters is 2. The molecule has 2 aromatic rings. The lowest BCUT2D eigenvalue weighted by Gasteiger charge is -2.33. The number of nitrogens with zero attached hydrogens (tertiary/aromatic N) is 1. The summed E-state index contributed by atoms with van der Waals surface area (Å²) in [5, 5.41) is 3.18. The van der Waals surface area contributed by atoms with Crippen LogP contribution in [0.5, 0.6) is 0 Å². The van der Waals surface area contributed by atoms with E-state index >= 15 is 0 Å². The Balaban J connectivity index is 1.85. The van der Waals surface area contributed by atoms with Crippen LogP contribution in [0.15, 0.2) is 74.8 Å². The monoisotopic (exact) mass is 464 g/mol. The second-order valence-electron chi connectivity index (χ2n) is 7.93. The summed E-state index contributed by atoms with van der Waals surface area (Å²) < 4.78 is 10.8. The molecule has 0 amide bonds. The highest BCUT2D eigenvalue weighted by molar-refractivity contribution is 7.99. The molecule has 0 saturated carbocycles. The molecule has 0 spiro atoms. The normalized spacial score (nSPS) is 15.6. The summed E-state index contributed by atoms with van der Waals surface area (Å²) in [4.78, 5) is 30.4. The second kappa shape index (κ2) is 9.35. The molecule has 6 nitrogen and oxygen atoms in total. The van der Waals surface area contributed by atoms with E-state index < -0.39 is 17.9 Å². The van der Waals surface area contributed by atoms with Crippen LogP contribution in [0.1, 0.15) is 39.2 Å². The number of anilines is 2. The van der Waals surface area contributed by atoms with Crippen molar-refractivity contribution in [2.75, 3.05) is 25.2 Å². The summed E-state index contributed by atoms with van der Waals surface area (Å²) >= 11 is 1.68. The third kappa shape index (κ3) is 4.13. The first-order valence-electron chi connectivity index (χ1n) is 11.0. The van der Waals surface area contributed by atoms with Gasteiger partial charge in [-0.1, -0.05) is 30.0 Å². The maximum absolute atomic E-state index is 13.0. The first kappa shape index (κ1) is 23.0. The third-order valence-corrected chi connectivity index (χ3v) is 6.99. The van der Waals surface area contributed by atoms with Gasteiger partial charge in [-0.2, -0.15) is 0 Å². The standard InChI is InChI=1S/C26H28N2O4S/c1-6-31-25(29)22-15(3)27-16(4)23(26(30)32-7-2)24(22)17-12-13-19-21(14-17)33-20-11-9-8-10-18(20)28(19)5/h8-14,24,27H,6-7H2,1-5H3. The summed E-state index contributed by atoms with van der Waals surface area (Å²) in [5.41, 5.74) is 5.29. The van der Waals surface area contributed by atoms with E-state index in [1.54, 1.807) is 25.6 Å². The van der Waals surface area contributed by atoms with E-state index in [9.17, 15) is 9.59 Å². The zero-order chi connectivity index (χ0) is 23.7. The van der Waals surface area contributed by atoms with Gasteiger partial charge in [-0.3, -0.25) is 0 Å². The number of fused-ring (bicyclic) bond motifs is 2. The number of hydrogen-bond donors (Lipinski definition) is 1. The van der Waals surface area contributed by atoms with Crippen molar-refractivity contribution in [3.8, 4) is 0 Å². The first-order valence-corrected chi connectivity index (χ1v) is 11.9. The number of carbonyl (C=O) groups is 2. The molecule has 0 saturated heterocycles. The van der Waals surface area contributed by atoms with Gasteiger partial charge in [-0.25, -0.2) is 9.59 Å². The molecule has 2 aliphatic heterocycles. The summed E-state index contributed by atoms with van der Waals surface area (Å²) in [6, 6.07) is 14.4. The predicted molar refractivity (Wildman–Crippen MR) is 130 cm³/mol. The fourth-order valence-corrected chi connectivity index (χ4v) is 5.62. The van der Waals surface area contributed by atoms with Crippen LogP contribution in [0.2, 0.25) is 0 Å². The van der Waals surface area contributed by atoms with Gasteiger partial charge < -0.3 is 19.7 Å². The molecule has 4 rings (SSSR count). The van der Waals surface area contributed by atoms with Gasteiger partial charge in [0.25, 0.3) is 0 Å². The molecule has 7 heteroatoms. The number of dihydropyridines is 1. The van der Waals surface area contributed by atoms with Crippen LogP contribution in [0.3, 0.4) is 0 Å². The summed E-state index contributed by atoms with van der Waals surface area (Å²) in [6.07, 6.45) is 0. The zero-order valence-electron chi connectivity index (χ0n) is 19.5. The Morgan fingerprint density at radius 1 is 0.909 bits per heavy atom. The van der Waals surface area contributed by atoms with Gasteiger partial charge in [0.05, 0.1) is 41.7 Å². The molecule has 2 aromatic carbocycles. The molecule has 0 aromatic heterocycles. The average Bonchev–Trinajstić information content (AvgIpc) is 2.78. The van der Waals surface area contributed by atoms with Crippen LogP contribution in [0.4, 0.5) is 11.4 Å². The molecule has 33 heavy (non-hydrogen) atoms. The molecule has 0 aliphatic carbocycles. The molecule has 0 unspecified atom stereocenters. The van der Waals surface area contributed by atoms with Crippen molar-refractivity contribution in [3.63, 3.8) is 0 Å².